The van der Waals surface area contributed by atoms with Crippen molar-refractivity contribution in [2.45, 2.75) is 31.8 Å². The maximum absolute atomic E-state index is 5.60. The fourth-order valence-electron chi connectivity index (χ4n) is 1.73. The van der Waals surface area contributed by atoms with Gasteiger partial charge in [0.2, 0.25) is 11.8 Å². The Morgan fingerprint density at radius 3 is 2.61 bits per heavy atom. The SMILES string of the molecule is Brc1ccc(Cc2nnc(CNC3CC3)o2)cc1. The molecule has 0 unspecified atom stereocenters. The normalized spacial score (nSPS) is 14.9. The highest BCUT2D eigenvalue weighted by Gasteiger charge is 2.21. The van der Waals surface area contributed by atoms with Crippen LogP contribution in [0.5, 0.6) is 0 Å². The Balaban J connectivity index is 1.60. The van der Waals surface area contributed by atoms with Crippen LogP contribution in [0.3, 0.4) is 0 Å². The van der Waals surface area contributed by atoms with Crippen molar-refractivity contribution in [3.8, 4) is 0 Å². The molecule has 94 valence electrons. The number of rotatable bonds is 5. The van der Waals surface area contributed by atoms with Gasteiger partial charge in [-0.3, -0.25) is 0 Å². The van der Waals surface area contributed by atoms with Crippen molar-refractivity contribution in [3.63, 3.8) is 0 Å². The molecular formula is C13H14BrN3O. The molecule has 0 amide bonds. The molecule has 0 saturated heterocycles. The van der Waals surface area contributed by atoms with Crippen LogP contribution in [0.2, 0.25) is 0 Å². The predicted octanol–water partition coefficient (Wildman–Crippen LogP) is 2.67. The van der Waals surface area contributed by atoms with Crippen LogP contribution in [0.15, 0.2) is 33.2 Å². The lowest BCUT2D eigenvalue weighted by Gasteiger charge is -1.97. The van der Waals surface area contributed by atoms with Crippen molar-refractivity contribution in [2.24, 2.45) is 0 Å². The second-order valence-corrected chi connectivity index (χ2v) is 5.46. The first-order chi connectivity index (χ1) is 8.79. The van der Waals surface area contributed by atoms with Crippen LogP contribution in [0.4, 0.5) is 0 Å². The molecule has 1 N–H and O–H groups in total. The zero-order chi connectivity index (χ0) is 12.4. The summed E-state index contributed by atoms with van der Waals surface area (Å²) in [6, 6.07) is 8.79. The van der Waals surface area contributed by atoms with Crippen LogP contribution < -0.4 is 5.32 Å². The van der Waals surface area contributed by atoms with Gasteiger partial charge in [0.25, 0.3) is 0 Å². The van der Waals surface area contributed by atoms with E-state index >= 15 is 0 Å². The molecule has 1 aliphatic carbocycles. The van der Waals surface area contributed by atoms with Gasteiger partial charge in [-0.05, 0) is 30.5 Å². The second-order valence-electron chi connectivity index (χ2n) is 4.55. The molecule has 2 aromatic rings. The lowest BCUT2D eigenvalue weighted by atomic mass is 10.1. The molecule has 3 rings (SSSR count). The highest BCUT2D eigenvalue weighted by Crippen LogP contribution is 2.19. The van der Waals surface area contributed by atoms with Crippen molar-refractivity contribution in [1.29, 1.82) is 0 Å². The van der Waals surface area contributed by atoms with E-state index in [1.165, 1.54) is 18.4 Å². The number of nitrogens with one attached hydrogen (secondary N) is 1. The van der Waals surface area contributed by atoms with E-state index in [1.54, 1.807) is 0 Å². The molecule has 0 radical (unpaired) electrons. The monoisotopic (exact) mass is 307 g/mol. The van der Waals surface area contributed by atoms with Gasteiger partial charge in [-0.2, -0.15) is 0 Å². The lowest BCUT2D eigenvalue weighted by Crippen LogP contribution is -2.15. The summed E-state index contributed by atoms with van der Waals surface area (Å²) in [7, 11) is 0. The van der Waals surface area contributed by atoms with Crippen molar-refractivity contribution in [1.82, 2.24) is 15.5 Å². The molecule has 1 aromatic heterocycles. The molecule has 0 aliphatic heterocycles. The van der Waals surface area contributed by atoms with Gasteiger partial charge < -0.3 is 9.73 Å². The first-order valence-corrected chi connectivity index (χ1v) is 6.88. The van der Waals surface area contributed by atoms with Crippen LogP contribution in [0.25, 0.3) is 0 Å². The molecule has 5 heteroatoms. The molecule has 0 spiro atoms. The van der Waals surface area contributed by atoms with E-state index in [0.717, 1.165) is 4.47 Å². The van der Waals surface area contributed by atoms with Crippen molar-refractivity contribution < 1.29 is 4.42 Å². The smallest absolute Gasteiger partial charge is 0.230 e. The van der Waals surface area contributed by atoms with Crippen molar-refractivity contribution in [3.05, 3.63) is 46.1 Å². The van der Waals surface area contributed by atoms with Gasteiger partial charge in [0.1, 0.15) is 0 Å². The minimum absolute atomic E-state index is 0.659. The summed E-state index contributed by atoms with van der Waals surface area (Å²) in [5, 5.41) is 11.5. The lowest BCUT2D eigenvalue weighted by molar-refractivity contribution is 0.438. The van der Waals surface area contributed by atoms with Gasteiger partial charge in [-0.25, -0.2) is 0 Å². The fourth-order valence-corrected chi connectivity index (χ4v) is 1.99. The number of benzene rings is 1. The quantitative estimate of drug-likeness (QED) is 0.922. The maximum Gasteiger partial charge on any atom is 0.230 e. The van der Waals surface area contributed by atoms with Gasteiger partial charge in [-0.15, -0.1) is 10.2 Å². The summed E-state index contributed by atoms with van der Waals surface area (Å²) in [5.41, 5.74) is 1.17. The summed E-state index contributed by atoms with van der Waals surface area (Å²) in [6.45, 7) is 0.679. The molecule has 1 heterocycles. The molecule has 18 heavy (non-hydrogen) atoms. The van der Waals surface area contributed by atoms with Crippen LogP contribution in [0.1, 0.15) is 30.2 Å². The second kappa shape index (κ2) is 5.20. The Hall–Kier alpha value is -1.20. The maximum atomic E-state index is 5.60. The van der Waals surface area contributed by atoms with E-state index in [0.29, 0.717) is 30.8 Å². The minimum Gasteiger partial charge on any atom is -0.424 e. The van der Waals surface area contributed by atoms with Gasteiger partial charge in [0.15, 0.2) is 0 Å². The summed E-state index contributed by atoms with van der Waals surface area (Å²) in [4.78, 5) is 0. The number of nitrogens with zero attached hydrogens (tertiary/aromatic N) is 2. The molecule has 0 bridgehead atoms. The van der Waals surface area contributed by atoms with Crippen molar-refractivity contribution in [2.75, 3.05) is 0 Å². The molecule has 1 fully saturated rings. The summed E-state index contributed by atoms with van der Waals surface area (Å²) < 4.78 is 6.67. The first-order valence-electron chi connectivity index (χ1n) is 6.09. The standard InChI is InChI=1S/C13H14BrN3O/c14-10-3-1-9(2-4-10)7-12-16-17-13(18-12)8-15-11-5-6-11/h1-4,11,15H,5-8H2. The van der Waals surface area contributed by atoms with E-state index in [4.69, 9.17) is 4.42 Å². The summed E-state index contributed by atoms with van der Waals surface area (Å²) in [5.74, 6) is 1.35. The Bertz CT molecular complexity index is 519. The largest absolute Gasteiger partial charge is 0.424 e. The summed E-state index contributed by atoms with van der Waals surface area (Å²) in [6.07, 6.45) is 3.21. The van der Waals surface area contributed by atoms with E-state index in [-0.39, 0.29) is 0 Å². The Kier molecular flexibility index (Phi) is 3.43. The topological polar surface area (TPSA) is 51.0 Å². The van der Waals surface area contributed by atoms with Gasteiger partial charge in [0.05, 0.1) is 13.0 Å². The van der Waals surface area contributed by atoms with Crippen molar-refractivity contribution >= 4 is 15.9 Å². The third-order valence-corrected chi connectivity index (χ3v) is 3.43. The Morgan fingerprint density at radius 1 is 1.17 bits per heavy atom. The fraction of sp³-hybridized carbons (Fsp3) is 0.385. The predicted molar refractivity (Wildman–Crippen MR) is 71.1 cm³/mol. The number of halogens is 1. The number of aromatic nitrogens is 2. The first kappa shape index (κ1) is 11.9. The van der Waals surface area contributed by atoms with E-state index in [9.17, 15) is 0 Å². The molecule has 4 nitrogen and oxygen atoms in total. The zero-order valence-electron chi connectivity index (χ0n) is 9.90. The molecule has 1 saturated carbocycles. The van der Waals surface area contributed by atoms with Gasteiger partial charge in [-0.1, -0.05) is 28.1 Å². The minimum atomic E-state index is 0.659. The van der Waals surface area contributed by atoms with E-state index < -0.39 is 0 Å². The summed E-state index contributed by atoms with van der Waals surface area (Å²) >= 11 is 3.42. The van der Waals surface area contributed by atoms with E-state index in [1.807, 2.05) is 12.1 Å². The van der Waals surface area contributed by atoms with Gasteiger partial charge in [0, 0.05) is 10.5 Å². The van der Waals surface area contributed by atoms with E-state index in [2.05, 4.69) is 43.6 Å². The zero-order valence-corrected chi connectivity index (χ0v) is 11.5. The Labute approximate surface area is 114 Å². The van der Waals surface area contributed by atoms with Crippen LogP contribution in [-0.2, 0) is 13.0 Å². The van der Waals surface area contributed by atoms with Crippen LogP contribution >= 0.6 is 15.9 Å². The third-order valence-electron chi connectivity index (χ3n) is 2.90. The highest BCUT2D eigenvalue weighted by molar-refractivity contribution is 9.10. The Morgan fingerprint density at radius 2 is 1.89 bits per heavy atom. The van der Waals surface area contributed by atoms with Crippen LogP contribution in [0, 0.1) is 0 Å². The average Bonchev–Trinajstić information content (AvgIpc) is 3.10. The highest BCUT2D eigenvalue weighted by atomic mass is 79.9. The molecular weight excluding hydrogens is 294 g/mol. The molecule has 1 aliphatic rings. The van der Waals surface area contributed by atoms with Gasteiger partial charge >= 0.3 is 0 Å². The molecule has 1 aromatic carbocycles. The number of hydrogen-bond donors (Lipinski definition) is 1. The molecule has 0 atom stereocenters. The average molecular weight is 308 g/mol. The van der Waals surface area contributed by atoms with Crippen LogP contribution in [-0.4, -0.2) is 16.2 Å². The third kappa shape index (κ3) is 3.17. The number of hydrogen-bond acceptors (Lipinski definition) is 4.